The molecule has 0 atom stereocenters. The van der Waals surface area contributed by atoms with Crippen molar-refractivity contribution in [2.45, 2.75) is 11.4 Å². The normalized spacial score (nSPS) is 11.8. The first kappa shape index (κ1) is 25.0. The van der Waals surface area contributed by atoms with E-state index in [2.05, 4.69) is 22.3 Å². The molecule has 0 aliphatic carbocycles. The van der Waals surface area contributed by atoms with E-state index in [4.69, 9.17) is 5.73 Å². The molecule has 4 aromatic rings. The highest BCUT2D eigenvalue weighted by atomic mass is 32.2. The summed E-state index contributed by atoms with van der Waals surface area (Å²) in [6.07, 6.45) is 5.80. The van der Waals surface area contributed by atoms with Crippen LogP contribution >= 0.6 is 0 Å². The van der Waals surface area contributed by atoms with E-state index in [-0.39, 0.29) is 10.8 Å². The maximum absolute atomic E-state index is 13.1. The Kier molecular flexibility index (Phi) is 7.38. The number of hydrogen-bond acceptors (Lipinski definition) is 5. The summed E-state index contributed by atoms with van der Waals surface area (Å²) in [6.45, 7) is 0.826. The number of hydrogen-bond donors (Lipinski definition) is 2. The van der Waals surface area contributed by atoms with Gasteiger partial charge in [0.05, 0.1) is 16.3 Å². The zero-order valence-electron chi connectivity index (χ0n) is 20.1. The number of amides is 1. The molecule has 7 nitrogen and oxygen atoms in total. The van der Waals surface area contributed by atoms with Crippen LogP contribution in [0, 0.1) is 0 Å². The topological polar surface area (TPSA) is 97.4 Å². The minimum Gasteiger partial charge on any atom is -0.397 e. The molecule has 0 unspecified atom stereocenters. The molecule has 0 bridgehead atoms. The van der Waals surface area contributed by atoms with Crippen molar-refractivity contribution in [1.29, 1.82) is 0 Å². The van der Waals surface area contributed by atoms with Gasteiger partial charge in [-0.2, -0.15) is 0 Å². The Morgan fingerprint density at radius 1 is 0.972 bits per heavy atom. The van der Waals surface area contributed by atoms with E-state index in [0.717, 1.165) is 21.6 Å². The van der Waals surface area contributed by atoms with Gasteiger partial charge in [-0.3, -0.25) is 4.79 Å². The molecule has 4 rings (SSSR count). The first-order valence-corrected chi connectivity index (χ1v) is 12.8. The van der Waals surface area contributed by atoms with Gasteiger partial charge >= 0.3 is 0 Å². The van der Waals surface area contributed by atoms with Crippen molar-refractivity contribution < 1.29 is 13.2 Å². The molecule has 1 heterocycles. The number of nitrogens with zero attached hydrogens (tertiary/aromatic N) is 2. The van der Waals surface area contributed by atoms with Crippen LogP contribution in [0.4, 0.5) is 11.4 Å². The third-order valence-corrected chi connectivity index (χ3v) is 7.17. The molecule has 0 aliphatic heterocycles. The molecule has 0 fully saturated rings. The number of carbonyl (C=O) groups excluding carboxylic acids is 1. The van der Waals surface area contributed by atoms with Crippen molar-refractivity contribution in [3.05, 3.63) is 108 Å². The first-order chi connectivity index (χ1) is 17.2. The maximum Gasteiger partial charge on any atom is 0.267 e. The molecular formula is C28H28N4O3S. The van der Waals surface area contributed by atoms with Crippen LogP contribution in [0.5, 0.6) is 0 Å². The minimum atomic E-state index is -3.77. The van der Waals surface area contributed by atoms with Crippen molar-refractivity contribution in [2.24, 2.45) is 0 Å². The molecule has 0 spiro atoms. The molecule has 3 aromatic carbocycles. The highest BCUT2D eigenvalue weighted by molar-refractivity contribution is 7.90. The molecular weight excluding hydrogens is 472 g/mol. The fourth-order valence-corrected chi connectivity index (χ4v) is 4.96. The van der Waals surface area contributed by atoms with E-state index in [1.807, 2.05) is 38.4 Å². The van der Waals surface area contributed by atoms with Gasteiger partial charge in [-0.15, -0.1) is 0 Å². The number of anilines is 2. The van der Waals surface area contributed by atoms with Crippen molar-refractivity contribution in [1.82, 2.24) is 8.87 Å². The highest BCUT2D eigenvalue weighted by Gasteiger charge is 2.16. The first-order valence-electron chi connectivity index (χ1n) is 11.3. The second-order valence-electron chi connectivity index (χ2n) is 8.65. The van der Waals surface area contributed by atoms with Crippen molar-refractivity contribution in [3.63, 3.8) is 0 Å². The van der Waals surface area contributed by atoms with Gasteiger partial charge in [-0.1, -0.05) is 42.5 Å². The Balaban J connectivity index is 1.47. The molecule has 36 heavy (non-hydrogen) atoms. The summed E-state index contributed by atoms with van der Waals surface area (Å²) in [7, 11) is 0.262. The molecule has 0 saturated carbocycles. The predicted octanol–water partition coefficient (Wildman–Crippen LogP) is 4.69. The van der Waals surface area contributed by atoms with Gasteiger partial charge in [0.2, 0.25) is 5.91 Å². The van der Waals surface area contributed by atoms with E-state index in [0.29, 0.717) is 16.9 Å². The molecule has 0 radical (unpaired) electrons. The van der Waals surface area contributed by atoms with Gasteiger partial charge < -0.3 is 16.0 Å². The SMILES string of the molecule is CN(C)Cc1cccc(-c2ccc(S(=O)(=O)n3ccc(/C=C/C(=O)Nc4ccccc4N)c3)cc2)c1. The molecule has 8 heteroatoms. The third-order valence-electron chi connectivity index (χ3n) is 5.52. The summed E-state index contributed by atoms with van der Waals surface area (Å²) in [6, 6.07) is 23.6. The standard InChI is InChI=1S/C28H28N4O3S/c1-31(2)19-22-6-5-7-24(18-22)23-11-13-25(14-12-23)36(34,35)32-17-16-21(20-32)10-15-28(33)30-27-9-4-3-8-26(27)29/h3-18,20H,19,29H2,1-2H3,(H,30,33)/b15-10+. The Morgan fingerprint density at radius 3 is 2.44 bits per heavy atom. The lowest BCUT2D eigenvalue weighted by Gasteiger charge is -2.11. The number of nitrogen functional groups attached to an aromatic ring is 1. The number of benzene rings is 3. The van der Waals surface area contributed by atoms with Gasteiger partial charge in [0.15, 0.2) is 0 Å². The Morgan fingerprint density at radius 2 is 1.72 bits per heavy atom. The lowest BCUT2D eigenvalue weighted by atomic mass is 10.0. The van der Waals surface area contributed by atoms with Gasteiger partial charge in [0, 0.05) is 25.0 Å². The molecule has 184 valence electrons. The van der Waals surface area contributed by atoms with E-state index < -0.39 is 10.0 Å². The average Bonchev–Trinajstić information content (AvgIpc) is 3.34. The van der Waals surface area contributed by atoms with Crippen LogP contribution in [-0.2, 0) is 21.4 Å². The van der Waals surface area contributed by atoms with Crippen molar-refractivity contribution in [2.75, 3.05) is 25.1 Å². The molecule has 1 amide bonds. The van der Waals surface area contributed by atoms with Crippen LogP contribution in [0.15, 0.2) is 102 Å². The van der Waals surface area contributed by atoms with Crippen LogP contribution in [0.25, 0.3) is 17.2 Å². The van der Waals surface area contributed by atoms with Crippen molar-refractivity contribution >= 4 is 33.4 Å². The Hall–Kier alpha value is -4.14. The summed E-state index contributed by atoms with van der Waals surface area (Å²) in [5, 5.41) is 2.70. The van der Waals surface area contributed by atoms with Crippen LogP contribution in [0.2, 0.25) is 0 Å². The van der Waals surface area contributed by atoms with E-state index in [1.54, 1.807) is 48.5 Å². The van der Waals surface area contributed by atoms with Crippen LogP contribution in [0.1, 0.15) is 11.1 Å². The van der Waals surface area contributed by atoms with E-state index in [1.165, 1.54) is 24.0 Å². The number of nitrogens with two attached hydrogens (primary N) is 1. The number of aromatic nitrogens is 1. The Bertz CT molecular complexity index is 1500. The fraction of sp³-hybridized carbons (Fsp3) is 0.107. The molecule has 3 N–H and O–H groups in total. The van der Waals surface area contributed by atoms with Crippen LogP contribution < -0.4 is 11.1 Å². The third kappa shape index (κ3) is 5.91. The average molecular weight is 501 g/mol. The summed E-state index contributed by atoms with van der Waals surface area (Å²) in [4.78, 5) is 14.5. The lowest BCUT2D eigenvalue weighted by Crippen LogP contribution is -2.11. The van der Waals surface area contributed by atoms with Crippen LogP contribution in [-0.4, -0.2) is 37.3 Å². The number of rotatable bonds is 8. The zero-order valence-corrected chi connectivity index (χ0v) is 20.9. The summed E-state index contributed by atoms with van der Waals surface area (Å²) < 4.78 is 27.4. The minimum absolute atomic E-state index is 0.180. The number of nitrogens with one attached hydrogen (secondary N) is 1. The number of para-hydroxylation sites is 2. The molecule has 0 aliphatic rings. The van der Waals surface area contributed by atoms with Gasteiger partial charge in [-0.05, 0) is 78.8 Å². The lowest BCUT2D eigenvalue weighted by molar-refractivity contribution is -0.111. The summed E-state index contributed by atoms with van der Waals surface area (Å²) in [5.41, 5.74) is 10.5. The Labute approximate surface area is 211 Å². The second-order valence-corrected chi connectivity index (χ2v) is 10.5. The smallest absolute Gasteiger partial charge is 0.267 e. The zero-order chi connectivity index (χ0) is 25.7. The summed E-state index contributed by atoms with van der Waals surface area (Å²) >= 11 is 0. The summed E-state index contributed by atoms with van der Waals surface area (Å²) in [5.74, 6) is -0.367. The van der Waals surface area contributed by atoms with Crippen LogP contribution in [0.3, 0.4) is 0 Å². The number of carbonyl (C=O) groups is 1. The molecule has 1 aromatic heterocycles. The second kappa shape index (κ2) is 10.6. The molecule has 0 saturated heterocycles. The monoisotopic (exact) mass is 500 g/mol. The predicted molar refractivity (Wildman–Crippen MR) is 145 cm³/mol. The fourth-order valence-electron chi connectivity index (χ4n) is 3.75. The van der Waals surface area contributed by atoms with Gasteiger partial charge in [-0.25, -0.2) is 12.4 Å². The van der Waals surface area contributed by atoms with E-state index in [9.17, 15) is 13.2 Å². The quantitative estimate of drug-likeness (QED) is 0.270. The largest absolute Gasteiger partial charge is 0.397 e. The van der Waals surface area contributed by atoms with Crippen molar-refractivity contribution in [3.8, 4) is 11.1 Å². The van der Waals surface area contributed by atoms with Gasteiger partial charge in [0.1, 0.15) is 0 Å². The highest BCUT2D eigenvalue weighted by Crippen LogP contribution is 2.24. The van der Waals surface area contributed by atoms with E-state index >= 15 is 0 Å². The van der Waals surface area contributed by atoms with Gasteiger partial charge in [0.25, 0.3) is 10.0 Å². The maximum atomic E-state index is 13.1.